The van der Waals surface area contributed by atoms with Crippen LogP contribution in [0.2, 0.25) is 0 Å². The van der Waals surface area contributed by atoms with Gasteiger partial charge in [-0.1, -0.05) is 12.1 Å². The summed E-state index contributed by atoms with van der Waals surface area (Å²) in [7, 11) is -3.49. The summed E-state index contributed by atoms with van der Waals surface area (Å²) in [6.45, 7) is 5.16. The minimum Gasteiger partial charge on any atom is -0.341 e. The number of carbonyl (C=O) groups is 1. The summed E-state index contributed by atoms with van der Waals surface area (Å²) in [6, 6.07) is 6.94. The second-order valence-electron chi connectivity index (χ2n) is 6.41. The van der Waals surface area contributed by atoms with Crippen LogP contribution < -0.4 is 0 Å². The highest BCUT2D eigenvalue weighted by molar-refractivity contribution is 7.89. The first-order valence-corrected chi connectivity index (χ1v) is 9.16. The van der Waals surface area contributed by atoms with Crippen LogP contribution in [-0.4, -0.2) is 49.2 Å². The largest absolute Gasteiger partial charge is 0.341 e. The first-order chi connectivity index (χ1) is 10.4. The van der Waals surface area contributed by atoms with Crippen molar-refractivity contribution in [3.8, 4) is 0 Å². The third-order valence-corrected chi connectivity index (χ3v) is 6.62. The molecule has 3 fully saturated rings. The van der Waals surface area contributed by atoms with Crippen LogP contribution in [0, 0.1) is 12.8 Å². The molecule has 6 heteroatoms. The zero-order chi connectivity index (χ0) is 15.9. The van der Waals surface area contributed by atoms with E-state index in [2.05, 4.69) is 0 Å². The van der Waals surface area contributed by atoms with Crippen molar-refractivity contribution < 1.29 is 13.2 Å². The lowest BCUT2D eigenvalue weighted by atomic mass is 9.97. The molecule has 0 unspecified atom stereocenters. The Hall–Kier alpha value is -1.40. The molecule has 3 aliphatic heterocycles. The SMILES string of the molecule is CC(=O)N1C[C@@H]2CC[C@H](C1)N(S(=O)(=O)c1cccc(C)c1)C2. The number of rotatable bonds is 2. The number of amides is 1. The molecule has 1 aromatic carbocycles. The number of hydrogen-bond donors (Lipinski definition) is 0. The first kappa shape index (κ1) is 15.5. The van der Waals surface area contributed by atoms with Crippen molar-refractivity contribution in [2.75, 3.05) is 19.6 Å². The van der Waals surface area contributed by atoms with E-state index in [1.54, 1.807) is 34.3 Å². The summed E-state index contributed by atoms with van der Waals surface area (Å²) < 4.78 is 27.6. The molecule has 0 aliphatic carbocycles. The molecule has 4 rings (SSSR count). The van der Waals surface area contributed by atoms with E-state index in [4.69, 9.17) is 0 Å². The second kappa shape index (κ2) is 5.66. The van der Waals surface area contributed by atoms with Crippen LogP contribution in [0.25, 0.3) is 0 Å². The predicted molar refractivity (Wildman–Crippen MR) is 83.8 cm³/mol. The zero-order valence-electron chi connectivity index (χ0n) is 13.0. The molecule has 2 bridgehead atoms. The van der Waals surface area contributed by atoms with Gasteiger partial charge in [-0.3, -0.25) is 4.79 Å². The Morgan fingerprint density at radius 3 is 2.64 bits per heavy atom. The van der Waals surface area contributed by atoms with Crippen molar-refractivity contribution >= 4 is 15.9 Å². The van der Waals surface area contributed by atoms with Gasteiger partial charge in [0.2, 0.25) is 15.9 Å². The number of nitrogens with zero attached hydrogens (tertiary/aromatic N) is 2. The van der Waals surface area contributed by atoms with Gasteiger partial charge in [0.15, 0.2) is 0 Å². The lowest BCUT2D eigenvalue weighted by molar-refractivity contribution is -0.129. The molecular weight excluding hydrogens is 300 g/mol. The Morgan fingerprint density at radius 1 is 1.18 bits per heavy atom. The van der Waals surface area contributed by atoms with E-state index in [9.17, 15) is 13.2 Å². The fourth-order valence-electron chi connectivity index (χ4n) is 3.50. The van der Waals surface area contributed by atoms with Gasteiger partial charge < -0.3 is 4.90 Å². The summed E-state index contributed by atoms with van der Waals surface area (Å²) in [5.41, 5.74) is 0.936. The van der Waals surface area contributed by atoms with Gasteiger partial charge in [-0.15, -0.1) is 0 Å². The minimum atomic E-state index is -3.49. The topological polar surface area (TPSA) is 57.7 Å². The van der Waals surface area contributed by atoms with Crippen LogP contribution in [0.15, 0.2) is 29.2 Å². The maximum absolute atomic E-state index is 13.0. The van der Waals surface area contributed by atoms with Crippen molar-refractivity contribution in [1.29, 1.82) is 0 Å². The summed E-state index contributed by atoms with van der Waals surface area (Å²) in [6.07, 6.45) is 1.83. The molecule has 2 atom stereocenters. The van der Waals surface area contributed by atoms with Crippen molar-refractivity contribution in [2.45, 2.75) is 37.6 Å². The maximum Gasteiger partial charge on any atom is 0.243 e. The quantitative estimate of drug-likeness (QED) is 0.831. The van der Waals surface area contributed by atoms with Crippen LogP contribution in [0.4, 0.5) is 0 Å². The molecule has 22 heavy (non-hydrogen) atoms. The van der Waals surface area contributed by atoms with Crippen LogP contribution in [0.1, 0.15) is 25.3 Å². The molecule has 0 N–H and O–H groups in total. The van der Waals surface area contributed by atoms with Gasteiger partial charge in [-0.2, -0.15) is 4.31 Å². The van der Waals surface area contributed by atoms with Crippen LogP contribution >= 0.6 is 0 Å². The Morgan fingerprint density at radius 2 is 1.95 bits per heavy atom. The lowest BCUT2D eigenvalue weighted by Crippen LogP contribution is -2.47. The summed E-state index contributed by atoms with van der Waals surface area (Å²) >= 11 is 0. The van der Waals surface area contributed by atoms with Crippen molar-refractivity contribution in [1.82, 2.24) is 9.21 Å². The molecule has 0 saturated carbocycles. The monoisotopic (exact) mass is 322 g/mol. The Balaban J connectivity index is 1.93. The maximum atomic E-state index is 13.0. The summed E-state index contributed by atoms with van der Waals surface area (Å²) in [5.74, 6) is 0.272. The number of sulfonamides is 1. The Kier molecular flexibility index (Phi) is 3.99. The normalized spacial score (nSPS) is 26.0. The molecule has 120 valence electrons. The van der Waals surface area contributed by atoms with E-state index in [0.717, 1.165) is 18.4 Å². The number of benzene rings is 1. The van der Waals surface area contributed by atoms with Gasteiger partial charge in [0.1, 0.15) is 0 Å². The highest BCUT2D eigenvalue weighted by Gasteiger charge is 2.41. The number of hydrogen-bond acceptors (Lipinski definition) is 3. The van der Waals surface area contributed by atoms with Crippen LogP contribution in [-0.2, 0) is 14.8 Å². The van der Waals surface area contributed by atoms with Gasteiger partial charge in [0.25, 0.3) is 0 Å². The van der Waals surface area contributed by atoms with E-state index in [0.29, 0.717) is 24.5 Å². The molecule has 5 nitrogen and oxygen atoms in total. The van der Waals surface area contributed by atoms with Gasteiger partial charge >= 0.3 is 0 Å². The average Bonchev–Trinajstić information content (AvgIpc) is 2.79. The van der Waals surface area contributed by atoms with Gasteiger partial charge in [-0.05, 0) is 43.4 Å². The standard InChI is InChI=1S/C16H22N2O3S/c1-12-4-3-5-16(8-12)22(20,21)18-10-14-6-7-15(18)11-17(9-14)13(2)19/h3-5,8,14-15H,6-7,9-11H2,1-2H3/t14-,15+/m0/s1. The average molecular weight is 322 g/mol. The Labute approximate surface area is 132 Å². The lowest BCUT2D eigenvalue weighted by Gasteiger charge is -2.34. The van der Waals surface area contributed by atoms with Crippen LogP contribution in [0.5, 0.6) is 0 Å². The van der Waals surface area contributed by atoms with E-state index in [1.807, 2.05) is 13.0 Å². The van der Waals surface area contributed by atoms with Crippen molar-refractivity contribution in [3.63, 3.8) is 0 Å². The van der Waals surface area contributed by atoms with Gasteiger partial charge in [-0.25, -0.2) is 8.42 Å². The fourth-order valence-corrected chi connectivity index (χ4v) is 5.33. The first-order valence-electron chi connectivity index (χ1n) is 7.72. The van der Waals surface area contributed by atoms with E-state index in [-0.39, 0.29) is 17.9 Å². The van der Waals surface area contributed by atoms with Crippen molar-refractivity contribution in [2.24, 2.45) is 5.92 Å². The van der Waals surface area contributed by atoms with E-state index in [1.165, 1.54) is 0 Å². The fraction of sp³-hybridized carbons (Fsp3) is 0.562. The smallest absolute Gasteiger partial charge is 0.243 e. The van der Waals surface area contributed by atoms with Crippen LogP contribution in [0.3, 0.4) is 0 Å². The third kappa shape index (κ3) is 2.77. The minimum absolute atomic E-state index is 0.0340. The molecule has 3 saturated heterocycles. The summed E-state index contributed by atoms with van der Waals surface area (Å²) in [5, 5.41) is 0. The van der Waals surface area contributed by atoms with Crippen molar-refractivity contribution in [3.05, 3.63) is 29.8 Å². The summed E-state index contributed by atoms with van der Waals surface area (Å²) in [4.78, 5) is 13.9. The number of carbonyl (C=O) groups excluding carboxylic acids is 1. The molecule has 3 heterocycles. The highest BCUT2D eigenvalue weighted by Crippen LogP contribution is 2.32. The third-order valence-electron chi connectivity index (χ3n) is 4.70. The van der Waals surface area contributed by atoms with Gasteiger partial charge in [0, 0.05) is 32.6 Å². The van der Waals surface area contributed by atoms with E-state index < -0.39 is 10.0 Å². The Bertz CT molecular complexity index is 686. The van der Waals surface area contributed by atoms with E-state index >= 15 is 0 Å². The van der Waals surface area contributed by atoms with Gasteiger partial charge in [0.05, 0.1) is 4.90 Å². The number of fused-ring (bicyclic) bond motifs is 4. The molecule has 0 aromatic heterocycles. The molecule has 3 aliphatic rings. The molecule has 0 radical (unpaired) electrons. The second-order valence-corrected chi connectivity index (χ2v) is 8.30. The zero-order valence-corrected chi connectivity index (χ0v) is 13.8. The molecule has 1 amide bonds. The molecular formula is C16H22N2O3S. The molecule has 0 spiro atoms. The predicted octanol–water partition coefficient (Wildman–Crippen LogP) is 1.63. The highest BCUT2D eigenvalue weighted by atomic mass is 32.2. The molecule has 1 aromatic rings. The number of aryl methyl sites for hydroxylation is 1. The number of piperidine rings is 1.